The highest BCUT2D eigenvalue weighted by molar-refractivity contribution is 7.47. The van der Waals surface area contributed by atoms with Crippen molar-refractivity contribution in [3.63, 3.8) is 0 Å². The number of carbonyl (C=O) groups is 4. The Kier molecular flexibility index (Phi) is 59.0. The predicted molar refractivity (Wildman–Crippen MR) is 349 cm³/mol. The van der Waals surface area contributed by atoms with Gasteiger partial charge in [-0.05, 0) is 37.5 Å². The van der Waals surface area contributed by atoms with Gasteiger partial charge in [0.1, 0.15) is 19.3 Å². The third-order valence-corrected chi connectivity index (χ3v) is 18.0. The summed E-state index contributed by atoms with van der Waals surface area (Å²) in [6, 6.07) is 0. The smallest absolute Gasteiger partial charge is 0.462 e. The molecule has 0 aromatic heterocycles. The Hall–Kier alpha value is -1.94. The van der Waals surface area contributed by atoms with Crippen LogP contribution < -0.4 is 0 Å². The molecule has 6 atom stereocenters. The molecule has 0 fully saturated rings. The Morgan fingerprint density at radius 2 is 0.586 bits per heavy atom. The second-order valence-electron chi connectivity index (χ2n) is 25.3. The van der Waals surface area contributed by atoms with E-state index in [0.29, 0.717) is 25.7 Å². The van der Waals surface area contributed by atoms with Crippen molar-refractivity contribution >= 4 is 39.5 Å². The van der Waals surface area contributed by atoms with E-state index in [1.807, 2.05) is 0 Å². The predicted octanol–water partition coefficient (Wildman–Crippen LogP) is 19.2. The molecule has 87 heavy (non-hydrogen) atoms. The number of aliphatic hydroxyl groups excluding tert-OH is 1. The topological polar surface area (TPSA) is 237 Å². The minimum Gasteiger partial charge on any atom is -0.462 e. The maximum absolute atomic E-state index is 13.0. The molecule has 3 N–H and O–H groups in total. The first kappa shape index (κ1) is 85.1. The Labute approximate surface area is 530 Å². The molecule has 0 aliphatic rings. The van der Waals surface area contributed by atoms with Crippen LogP contribution in [-0.2, 0) is 65.4 Å². The molecular weight excluding hydrogens is 1150 g/mol. The van der Waals surface area contributed by atoms with Crippen molar-refractivity contribution in [1.82, 2.24) is 0 Å². The summed E-state index contributed by atoms with van der Waals surface area (Å²) in [5.41, 5.74) is 0. The molecule has 0 spiro atoms. The van der Waals surface area contributed by atoms with Crippen LogP contribution in [-0.4, -0.2) is 96.7 Å². The molecule has 0 aliphatic heterocycles. The summed E-state index contributed by atoms with van der Waals surface area (Å²) in [6.45, 7) is 9.53. The lowest BCUT2D eigenvalue weighted by molar-refractivity contribution is -0.161. The van der Waals surface area contributed by atoms with Gasteiger partial charge in [0.05, 0.1) is 26.4 Å². The fraction of sp³-hybridized carbons (Fsp3) is 0.941. The highest BCUT2D eigenvalue weighted by Crippen LogP contribution is 2.45. The number of hydrogen-bond acceptors (Lipinski definition) is 15. The highest BCUT2D eigenvalue weighted by atomic mass is 31.2. The molecule has 0 heterocycles. The molecule has 0 radical (unpaired) electrons. The number of ether oxygens (including phenoxy) is 4. The van der Waals surface area contributed by atoms with Crippen LogP contribution in [0.2, 0.25) is 0 Å². The lowest BCUT2D eigenvalue weighted by Crippen LogP contribution is -2.30. The van der Waals surface area contributed by atoms with E-state index >= 15 is 0 Å². The van der Waals surface area contributed by atoms with E-state index in [2.05, 4.69) is 41.5 Å². The van der Waals surface area contributed by atoms with Crippen molar-refractivity contribution in [2.45, 2.75) is 362 Å². The summed E-state index contributed by atoms with van der Waals surface area (Å²) in [7, 11) is -9.89. The summed E-state index contributed by atoms with van der Waals surface area (Å²) in [5, 5.41) is 10.6. The minimum absolute atomic E-state index is 0.106. The van der Waals surface area contributed by atoms with Crippen molar-refractivity contribution in [3.05, 3.63) is 0 Å². The zero-order chi connectivity index (χ0) is 64.3. The first-order valence-corrected chi connectivity index (χ1v) is 38.5. The summed E-state index contributed by atoms with van der Waals surface area (Å²) < 4.78 is 68.1. The monoisotopic (exact) mass is 1280 g/mol. The first-order valence-electron chi connectivity index (χ1n) is 35.5. The number of hydrogen-bond donors (Lipinski definition) is 3. The van der Waals surface area contributed by atoms with Gasteiger partial charge in [-0.1, -0.05) is 292 Å². The maximum Gasteiger partial charge on any atom is 0.472 e. The Bertz CT molecular complexity index is 1700. The zero-order valence-electron chi connectivity index (χ0n) is 56.3. The highest BCUT2D eigenvalue weighted by Gasteiger charge is 2.30. The summed E-state index contributed by atoms with van der Waals surface area (Å²) in [6.07, 6.45) is 44.4. The van der Waals surface area contributed by atoms with E-state index < -0.39 is 97.5 Å². The normalized spacial score (nSPS) is 14.5. The van der Waals surface area contributed by atoms with Crippen LogP contribution in [0.3, 0.4) is 0 Å². The van der Waals surface area contributed by atoms with Crippen LogP contribution in [0, 0.1) is 11.8 Å². The third kappa shape index (κ3) is 61.3. The number of rotatable bonds is 67. The van der Waals surface area contributed by atoms with E-state index in [1.165, 1.54) is 148 Å². The van der Waals surface area contributed by atoms with Crippen LogP contribution in [0.15, 0.2) is 0 Å². The molecule has 3 unspecified atom stereocenters. The van der Waals surface area contributed by atoms with Gasteiger partial charge in [0.15, 0.2) is 12.2 Å². The first-order chi connectivity index (χ1) is 41.9. The van der Waals surface area contributed by atoms with Crippen molar-refractivity contribution < 1.29 is 80.2 Å². The molecule has 0 aliphatic carbocycles. The van der Waals surface area contributed by atoms with Crippen LogP contribution in [0.25, 0.3) is 0 Å². The fourth-order valence-corrected chi connectivity index (χ4v) is 11.8. The average molecular weight is 1280 g/mol. The van der Waals surface area contributed by atoms with Crippen LogP contribution in [0.1, 0.15) is 343 Å². The molecule has 0 saturated heterocycles. The van der Waals surface area contributed by atoms with Crippen molar-refractivity contribution in [2.75, 3.05) is 39.6 Å². The lowest BCUT2D eigenvalue weighted by Gasteiger charge is -2.21. The minimum atomic E-state index is -4.95. The van der Waals surface area contributed by atoms with E-state index in [-0.39, 0.29) is 25.7 Å². The van der Waals surface area contributed by atoms with Gasteiger partial charge in [0.25, 0.3) is 0 Å². The summed E-state index contributed by atoms with van der Waals surface area (Å²) in [4.78, 5) is 72.3. The Balaban J connectivity index is 5.21. The van der Waals surface area contributed by atoms with Gasteiger partial charge in [0.2, 0.25) is 0 Å². The second-order valence-corrected chi connectivity index (χ2v) is 28.2. The van der Waals surface area contributed by atoms with E-state index in [4.69, 9.17) is 37.0 Å². The zero-order valence-corrected chi connectivity index (χ0v) is 58.1. The second kappa shape index (κ2) is 60.3. The van der Waals surface area contributed by atoms with Gasteiger partial charge < -0.3 is 33.8 Å². The van der Waals surface area contributed by atoms with Crippen LogP contribution in [0.5, 0.6) is 0 Å². The van der Waals surface area contributed by atoms with Gasteiger partial charge in [-0.2, -0.15) is 0 Å². The van der Waals surface area contributed by atoms with E-state index in [0.717, 1.165) is 115 Å². The molecule has 0 bridgehead atoms. The van der Waals surface area contributed by atoms with E-state index in [1.54, 1.807) is 0 Å². The van der Waals surface area contributed by atoms with Gasteiger partial charge in [0, 0.05) is 25.7 Å². The molecule has 17 nitrogen and oxygen atoms in total. The average Bonchev–Trinajstić information content (AvgIpc) is 3.61. The SMILES string of the molecule is CCCCCCCCCCCCC(=O)O[C@H](COC(=O)CCCCCCCCC)COP(=O)(O)OC[C@H](O)COP(=O)(O)OC[C@@H](COC(=O)CCCCCCCCCCCCC(C)CC)OC(=O)CCCCCCCCCCCCCCCC(C)C. The van der Waals surface area contributed by atoms with Crippen LogP contribution in [0.4, 0.5) is 0 Å². The summed E-state index contributed by atoms with van der Waals surface area (Å²) >= 11 is 0. The van der Waals surface area contributed by atoms with Crippen molar-refractivity contribution in [2.24, 2.45) is 11.8 Å². The van der Waals surface area contributed by atoms with E-state index in [9.17, 15) is 43.2 Å². The van der Waals surface area contributed by atoms with Crippen molar-refractivity contribution in [3.8, 4) is 0 Å². The Morgan fingerprint density at radius 3 is 0.874 bits per heavy atom. The largest absolute Gasteiger partial charge is 0.472 e. The summed E-state index contributed by atoms with van der Waals surface area (Å²) in [5.74, 6) is -0.535. The van der Waals surface area contributed by atoms with Crippen molar-refractivity contribution in [1.29, 1.82) is 0 Å². The number of unbranched alkanes of at least 4 members (excludes halogenated alkanes) is 36. The lowest BCUT2D eigenvalue weighted by atomic mass is 9.99. The standard InChI is InChI=1S/C68H132O17P2/c1-7-10-12-14-16-17-27-34-40-46-52-67(72)84-63(56-78-65(70)50-44-38-30-15-13-11-8-2)58-82-86(74,75)80-54-62(69)55-81-87(76,77)83-59-64(57-79-66(71)51-45-39-33-28-24-23-26-32-37-43-49-61(6)9-3)85-68(73)53-47-41-35-29-22-20-18-19-21-25-31-36-42-48-60(4)5/h60-64,69H,7-59H2,1-6H3,(H,74,75)(H,76,77)/t61?,62-,63+,64+/m0/s1. The van der Waals surface area contributed by atoms with Gasteiger partial charge >= 0.3 is 39.5 Å². The number of esters is 4. The van der Waals surface area contributed by atoms with Gasteiger partial charge in [-0.3, -0.25) is 37.3 Å². The molecule has 0 aromatic rings. The Morgan fingerprint density at radius 1 is 0.333 bits per heavy atom. The quantitative estimate of drug-likeness (QED) is 0.0222. The number of phosphoric ester groups is 2. The van der Waals surface area contributed by atoms with Crippen LogP contribution >= 0.6 is 15.6 Å². The number of carbonyl (C=O) groups excluding carboxylic acids is 4. The van der Waals surface area contributed by atoms with Gasteiger partial charge in [-0.25, -0.2) is 9.13 Å². The van der Waals surface area contributed by atoms with Gasteiger partial charge in [-0.15, -0.1) is 0 Å². The molecule has 0 rings (SSSR count). The molecule has 0 amide bonds. The third-order valence-electron chi connectivity index (χ3n) is 16.1. The maximum atomic E-state index is 13.0. The number of aliphatic hydroxyl groups is 1. The number of phosphoric acid groups is 2. The molecule has 19 heteroatoms. The fourth-order valence-electron chi connectivity index (χ4n) is 10.2. The molecular formula is C68H132O17P2. The molecule has 0 aromatic carbocycles. The molecule has 0 saturated carbocycles. The molecule has 516 valence electrons.